The zero-order valence-electron chi connectivity index (χ0n) is 18.5. The smallest absolute Gasteiger partial charge is 0.255 e. The van der Waals surface area contributed by atoms with E-state index in [9.17, 15) is 4.79 Å². The first-order valence-electron chi connectivity index (χ1n) is 10.6. The van der Waals surface area contributed by atoms with E-state index in [2.05, 4.69) is 15.5 Å². The van der Waals surface area contributed by atoms with Crippen molar-refractivity contribution < 1.29 is 18.8 Å². The Bertz CT molecular complexity index is 909. The molecule has 2 aliphatic heterocycles. The number of nitrogens with one attached hydrogen (secondary N) is 1. The van der Waals surface area contributed by atoms with Crippen LogP contribution in [-0.4, -0.2) is 59.0 Å². The number of carbonyl (C=O) groups is 1. The van der Waals surface area contributed by atoms with Gasteiger partial charge in [-0.25, -0.2) is 0 Å². The van der Waals surface area contributed by atoms with Gasteiger partial charge in [-0.1, -0.05) is 5.16 Å². The minimum Gasteiger partial charge on any atom is -0.491 e. The molecule has 1 aromatic heterocycles. The standard InChI is InChI=1S/C22H30N4O4.ClH/c1-14(2)29-19-6-5-17(9-15(19)3)21(27)26-8-7-22(28-13-26)10-18(11-23-12-22)20-24-16(4)25-30-20;/h5-6,9,14,18,23H,7-8,10-13H2,1-4H3;1H. The Kier molecular flexibility index (Phi) is 7.24. The number of benzene rings is 1. The fourth-order valence-corrected chi connectivity index (χ4v) is 4.22. The third-order valence-corrected chi connectivity index (χ3v) is 5.78. The number of nitrogens with zero attached hydrogens (tertiary/aromatic N) is 3. The summed E-state index contributed by atoms with van der Waals surface area (Å²) in [7, 11) is 0. The van der Waals surface area contributed by atoms with E-state index in [1.807, 2.05) is 45.9 Å². The summed E-state index contributed by atoms with van der Waals surface area (Å²) < 4.78 is 17.4. The normalized spacial score (nSPS) is 23.6. The third kappa shape index (κ3) is 5.19. The number of halogens is 1. The summed E-state index contributed by atoms with van der Waals surface area (Å²) in [5, 5.41) is 7.34. The van der Waals surface area contributed by atoms with Crippen molar-refractivity contribution in [3.8, 4) is 5.75 Å². The van der Waals surface area contributed by atoms with Crippen LogP contribution in [0.4, 0.5) is 0 Å². The van der Waals surface area contributed by atoms with Crippen LogP contribution in [0.5, 0.6) is 5.75 Å². The molecule has 1 amide bonds. The average Bonchev–Trinajstić information content (AvgIpc) is 3.16. The number of ether oxygens (including phenoxy) is 2. The van der Waals surface area contributed by atoms with Crippen LogP contribution in [0, 0.1) is 13.8 Å². The molecule has 0 radical (unpaired) electrons. The lowest BCUT2D eigenvalue weighted by molar-refractivity contribution is -0.138. The van der Waals surface area contributed by atoms with Crippen LogP contribution in [-0.2, 0) is 4.74 Å². The van der Waals surface area contributed by atoms with Gasteiger partial charge in [-0.2, -0.15) is 4.98 Å². The maximum atomic E-state index is 13.0. The first-order chi connectivity index (χ1) is 14.3. The Morgan fingerprint density at radius 2 is 2.16 bits per heavy atom. The number of rotatable bonds is 4. The lowest BCUT2D eigenvalue weighted by atomic mass is 9.83. The highest BCUT2D eigenvalue weighted by atomic mass is 35.5. The van der Waals surface area contributed by atoms with Gasteiger partial charge in [-0.15, -0.1) is 12.4 Å². The van der Waals surface area contributed by atoms with Crippen molar-refractivity contribution in [1.29, 1.82) is 0 Å². The molecule has 170 valence electrons. The molecule has 1 spiro atoms. The molecule has 2 aliphatic rings. The van der Waals surface area contributed by atoms with E-state index < -0.39 is 0 Å². The Morgan fingerprint density at radius 3 is 2.77 bits per heavy atom. The van der Waals surface area contributed by atoms with Gasteiger partial charge in [0.05, 0.1) is 17.6 Å². The number of amides is 1. The fourth-order valence-electron chi connectivity index (χ4n) is 4.22. The highest BCUT2D eigenvalue weighted by Gasteiger charge is 2.43. The zero-order valence-corrected chi connectivity index (χ0v) is 19.3. The zero-order chi connectivity index (χ0) is 21.3. The van der Waals surface area contributed by atoms with Gasteiger partial charge in [0.2, 0.25) is 5.89 Å². The highest BCUT2D eigenvalue weighted by molar-refractivity contribution is 5.94. The number of hydrogen-bond donors (Lipinski definition) is 1. The van der Waals surface area contributed by atoms with E-state index in [1.54, 1.807) is 4.90 Å². The van der Waals surface area contributed by atoms with Gasteiger partial charge < -0.3 is 24.2 Å². The molecule has 2 fully saturated rings. The second-order valence-electron chi connectivity index (χ2n) is 8.63. The largest absolute Gasteiger partial charge is 0.491 e. The van der Waals surface area contributed by atoms with Crippen LogP contribution < -0.4 is 10.1 Å². The molecule has 2 unspecified atom stereocenters. The van der Waals surface area contributed by atoms with Gasteiger partial charge in [0.1, 0.15) is 12.5 Å². The molecular formula is C22H31ClN4O4. The summed E-state index contributed by atoms with van der Waals surface area (Å²) in [6.07, 6.45) is 1.67. The molecule has 3 heterocycles. The van der Waals surface area contributed by atoms with Crippen molar-refractivity contribution in [2.75, 3.05) is 26.4 Å². The van der Waals surface area contributed by atoms with Gasteiger partial charge in [-0.05, 0) is 64.3 Å². The number of piperidine rings is 1. The van der Waals surface area contributed by atoms with Crippen molar-refractivity contribution in [3.05, 3.63) is 41.0 Å². The molecule has 2 atom stereocenters. The van der Waals surface area contributed by atoms with Crippen molar-refractivity contribution in [2.24, 2.45) is 0 Å². The summed E-state index contributed by atoms with van der Waals surface area (Å²) in [4.78, 5) is 19.1. The van der Waals surface area contributed by atoms with Crippen molar-refractivity contribution in [2.45, 2.75) is 58.2 Å². The molecule has 0 bridgehead atoms. The van der Waals surface area contributed by atoms with Crippen molar-refractivity contribution in [3.63, 3.8) is 0 Å². The summed E-state index contributed by atoms with van der Waals surface area (Å²) in [6, 6.07) is 5.59. The van der Waals surface area contributed by atoms with E-state index >= 15 is 0 Å². The Labute approximate surface area is 189 Å². The topological polar surface area (TPSA) is 89.7 Å². The molecule has 0 aliphatic carbocycles. The summed E-state index contributed by atoms with van der Waals surface area (Å²) in [5.74, 6) is 2.22. The molecule has 1 N–H and O–H groups in total. The summed E-state index contributed by atoms with van der Waals surface area (Å²) in [6.45, 7) is 10.2. The Morgan fingerprint density at radius 1 is 1.35 bits per heavy atom. The molecule has 8 nitrogen and oxygen atoms in total. The Balaban J connectivity index is 0.00000272. The van der Waals surface area contributed by atoms with E-state index in [0.29, 0.717) is 23.8 Å². The van der Waals surface area contributed by atoms with E-state index in [4.69, 9.17) is 14.0 Å². The average molecular weight is 451 g/mol. The first-order valence-corrected chi connectivity index (χ1v) is 10.6. The molecule has 4 rings (SSSR count). The minimum absolute atomic E-state index is 0. The number of hydrogen-bond acceptors (Lipinski definition) is 7. The second-order valence-corrected chi connectivity index (χ2v) is 8.63. The highest BCUT2D eigenvalue weighted by Crippen LogP contribution is 2.36. The second kappa shape index (κ2) is 9.54. The molecule has 1 aromatic carbocycles. The molecular weight excluding hydrogens is 420 g/mol. The van der Waals surface area contributed by atoms with Crippen LogP contribution in [0.2, 0.25) is 0 Å². The van der Waals surface area contributed by atoms with Gasteiger partial charge in [0, 0.05) is 25.2 Å². The Hall–Kier alpha value is -2.16. The molecule has 0 saturated carbocycles. The van der Waals surface area contributed by atoms with Crippen molar-refractivity contribution >= 4 is 18.3 Å². The van der Waals surface area contributed by atoms with Gasteiger partial charge >= 0.3 is 0 Å². The summed E-state index contributed by atoms with van der Waals surface area (Å²) >= 11 is 0. The SMILES string of the molecule is Cc1noc(C2CNCC3(CCN(C(=O)c4ccc(OC(C)C)c(C)c4)CO3)C2)n1.Cl. The summed E-state index contributed by atoms with van der Waals surface area (Å²) in [5.41, 5.74) is 1.30. The third-order valence-electron chi connectivity index (χ3n) is 5.78. The predicted octanol–water partition coefficient (Wildman–Crippen LogP) is 3.23. The van der Waals surface area contributed by atoms with Gasteiger partial charge in [0.25, 0.3) is 5.91 Å². The number of aromatic nitrogens is 2. The molecule has 31 heavy (non-hydrogen) atoms. The number of aryl methyl sites for hydroxylation is 2. The minimum atomic E-state index is -0.313. The number of carbonyl (C=O) groups excluding carboxylic acids is 1. The first kappa shape index (κ1) is 23.5. The van der Waals surface area contributed by atoms with Crippen LogP contribution in [0.1, 0.15) is 60.2 Å². The predicted molar refractivity (Wildman–Crippen MR) is 118 cm³/mol. The monoisotopic (exact) mass is 450 g/mol. The van der Waals surface area contributed by atoms with Crippen LogP contribution in [0.25, 0.3) is 0 Å². The maximum Gasteiger partial charge on any atom is 0.255 e. The van der Waals surface area contributed by atoms with Crippen LogP contribution in [0.3, 0.4) is 0 Å². The quantitative estimate of drug-likeness (QED) is 0.764. The van der Waals surface area contributed by atoms with E-state index in [0.717, 1.165) is 37.2 Å². The lowest BCUT2D eigenvalue weighted by Gasteiger charge is -2.45. The van der Waals surface area contributed by atoms with E-state index in [-0.39, 0.29) is 42.7 Å². The van der Waals surface area contributed by atoms with Crippen LogP contribution >= 0.6 is 12.4 Å². The van der Waals surface area contributed by atoms with Crippen LogP contribution in [0.15, 0.2) is 22.7 Å². The van der Waals surface area contributed by atoms with Gasteiger partial charge in [0.15, 0.2) is 5.82 Å². The molecule has 9 heteroatoms. The fraction of sp³-hybridized carbons (Fsp3) is 0.591. The molecule has 2 saturated heterocycles. The maximum absolute atomic E-state index is 13.0. The van der Waals surface area contributed by atoms with E-state index in [1.165, 1.54) is 0 Å². The molecule has 2 aromatic rings. The van der Waals surface area contributed by atoms with Gasteiger partial charge in [-0.3, -0.25) is 4.79 Å². The van der Waals surface area contributed by atoms with Crippen molar-refractivity contribution in [1.82, 2.24) is 20.4 Å². The lowest BCUT2D eigenvalue weighted by Crippen LogP contribution is -2.57.